The monoisotopic (exact) mass is 392 g/mol. The summed E-state index contributed by atoms with van der Waals surface area (Å²) in [7, 11) is 1.74. The van der Waals surface area contributed by atoms with E-state index in [4.69, 9.17) is 22.7 Å². The first kappa shape index (κ1) is 23.2. The normalized spacial score (nSPS) is 21.3. The first-order valence-electron chi connectivity index (χ1n) is 9.64. The van der Waals surface area contributed by atoms with Crippen molar-refractivity contribution in [2.45, 2.75) is 53.4 Å². The highest BCUT2D eigenvalue weighted by molar-refractivity contribution is 7.80. The van der Waals surface area contributed by atoms with Gasteiger partial charge in [-0.25, -0.2) is 0 Å². The highest BCUT2D eigenvalue weighted by atomic mass is 32.1. The molecule has 5 nitrogen and oxygen atoms in total. The topological polar surface area (TPSA) is 62.9 Å². The van der Waals surface area contributed by atoms with Gasteiger partial charge in [-0.05, 0) is 31.1 Å². The molecule has 27 heavy (non-hydrogen) atoms. The minimum Gasteiger partial charge on any atom is -0.497 e. The standard InChI is InChI=1S/C12H18N4OS.C9H18/c1-5-17-8(2)7-16-9(3)11(12(18)14-4)10(13)6-15-16;1-8-5-4-6-9(2,3)7-8/h6H,2-3,5,7,13H2,1,4H3,(H,14,18);8H,4-7H2,1-3H3/t;8-/m.0/s1. The Hall–Kier alpha value is -1.82. The van der Waals surface area contributed by atoms with Crippen LogP contribution in [0.25, 0.3) is 0 Å². The lowest BCUT2D eigenvalue weighted by Crippen LogP contribution is -2.32. The molecule has 152 valence electrons. The van der Waals surface area contributed by atoms with E-state index in [1.165, 1.54) is 25.7 Å². The second-order valence-electron chi connectivity index (χ2n) is 8.00. The number of likely N-dealkylation sites (N-methyl/N-ethyl adjacent to an activating group) is 1. The van der Waals surface area contributed by atoms with Gasteiger partial charge in [-0.15, -0.1) is 0 Å². The van der Waals surface area contributed by atoms with Crippen molar-refractivity contribution in [3.8, 4) is 0 Å². The Labute approximate surface area is 170 Å². The summed E-state index contributed by atoms with van der Waals surface area (Å²) >= 11 is 5.20. The van der Waals surface area contributed by atoms with E-state index >= 15 is 0 Å². The van der Waals surface area contributed by atoms with Crippen molar-refractivity contribution in [3.63, 3.8) is 0 Å². The van der Waals surface area contributed by atoms with Crippen LogP contribution in [0, 0.1) is 11.3 Å². The molecule has 1 heterocycles. The molecule has 1 aliphatic heterocycles. The molecule has 0 aromatic heterocycles. The van der Waals surface area contributed by atoms with Gasteiger partial charge in [0.15, 0.2) is 0 Å². The molecule has 0 aromatic rings. The fourth-order valence-electron chi connectivity index (χ4n) is 3.58. The number of hydrogen-bond donors (Lipinski definition) is 2. The van der Waals surface area contributed by atoms with E-state index in [1.54, 1.807) is 18.3 Å². The van der Waals surface area contributed by atoms with Crippen LogP contribution in [0.5, 0.6) is 0 Å². The Morgan fingerprint density at radius 3 is 2.67 bits per heavy atom. The van der Waals surface area contributed by atoms with Crippen LogP contribution >= 0.6 is 12.2 Å². The van der Waals surface area contributed by atoms with Gasteiger partial charge in [0, 0.05) is 7.05 Å². The van der Waals surface area contributed by atoms with Crippen LogP contribution in [-0.4, -0.2) is 36.4 Å². The van der Waals surface area contributed by atoms with E-state index in [9.17, 15) is 0 Å². The average Bonchev–Trinajstić information content (AvgIpc) is 2.57. The summed E-state index contributed by atoms with van der Waals surface area (Å²) in [6, 6.07) is 0. The Morgan fingerprint density at radius 2 is 2.19 bits per heavy atom. The van der Waals surface area contributed by atoms with Crippen LogP contribution in [0.15, 0.2) is 41.0 Å². The van der Waals surface area contributed by atoms with Crippen LogP contribution in [0.2, 0.25) is 0 Å². The Kier molecular flexibility index (Phi) is 9.03. The van der Waals surface area contributed by atoms with Gasteiger partial charge in [-0.3, -0.25) is 5.01 Å². The van der Waals surface area contributed by atoms with Gasteiger partial charge in [-0.2, -0.15) is 5.10 Å². The molecule has 3 N–H and O–H groups in total. The van der Waals surface area contributed by atoms with Gasteiger partial charge in [0.25, 0.3) is 0 Å². The predicted molar refractivity (Wildman–Crippen MR) is 119 cm³/mol. The number of nitrogens with two attached hydrogens (primary N) is 1. The molecule has 1 atom stereocenters. The van der Waals surface area contributed by atoms with E-state index < -0.39 is 0 Å². The lowest BCUT2D eigenvalue weighted by molar-refractivity contribution is 0.191. The van der Waals surface area contributed by atoms with Crippen molar-refractivity contribution >= 4 is 23.4 Å². The lowest BCUT2D eigenvalue weighted by atomic mass is 9.73. The van der Waals surface area contributed by atoms with Crippen LogP contribution in [-0.2, 0) is 4.74 Å². The minimum atomic E-state index is 0.423. The number of allylic oxidation sites excluding steroid dienone is 1. The molecule has 2 aliphatic rings. The van der Waals surface area contributed by atoms with Gasteiger partial charge >= 0.3 is 0 Å². The quantitative estimate of drug-likeness (QED) is 0.538. The Morgan fingerprint density at radius 1 is 1.52 bits per heavy atom. The van der Waals surface area contributed by atoms with Crippen LogP contribution in [0.3, 0.4) is 0 Å². The Balaban J connectivity index is 0.000000337. The van der Waals surface area contributed by atoms with Gasteiger partial charge < -0.3 is 15.8 Å². The third-order valence-corrected chi connectivity index (χ3v) is 5.21. The number of hydrogen-bond acceptors (Lipinski definition) is 5. The number of nitrogens with one attached hydrogen (secondary N) is 1. The number of thiocarbonyl (C=S) groups is 1. The summed E-state index contributed by atoms with van der Waals surface area (Å²) in [6.45, 7) is 17.8. The molecule has 0 radical (unpaired) electrons. The molecule has 0 saturated heterocycles. The molecule has 1 aliphatic carbocycles. The number of hydrazone groups is 1. The van der Waals surface area contributed by atoms with E-state index in [-0.39, 0.29) is 0 Å². The fourth-order valence-corrected chi connectivity index (χ4v) is 3.81. The van der Waals surface area contributed by atoms with E-state index in [0.717, 1.165) is 5.92 Å². The first-order valence-corrected chi connectivity index (χ1v) is 10.0. The zero-order chi connectivity index (χ0) is 20.6. The lowest BCUT2D eigenvalue weighted by Gasteiger charge is -2.33. The van der Waals surface area contributed by atoms with Gasteiger partial charge in [0.1, 0.15) is 10.7 Å². The molecule has 2 rings (SSSR count). The zero-order valence-electron chi connectivity index (χ0n) is 17.6. The molecule has 1 fully saturated rings. The maximum absolute atomic E-state index is 5.86. The molecule has 0 aromatic carbocycles. The molecule has 0 unspecified atom stereocenters. The highest BCUT2D eigenvalue weighted by Gasteiger charge is 2.25. The third kappa shape index (κ3) is 7.37. The fraction of sp³-hybridized carbons (Fsp3) is 0.619. The highest BCUT2D eigenvalue weighted by Crippen LogP contribution is 2.37. The SMILES string of the molecule is C=C(CN1N=CC(N)=C(C(=S)NC)C1=C)OCC.C[C@H]1CCCC(C)(C)C1. The second kappa shape index (κ2) is 10.5. The Bertz CT molecular complexity index is 622. The van der Waals surface area contributed by atoms with Crippen molar-refractivity contribution in [2.75, 3.05) is 20.2 Å². The summed E-state index contributed by atoms with van der Waals surface area (Å²) in [5.74, 6) is 1.60. The largest absolute Gasteiger partial charge is 0.497 e. The average molecular weight is 393 g/mol. The van der Waals surface area contributed by atoms with Crippen molar-refractivity contribution in [1.82, 2.24) is 10.3 Å². The zero-order valence-corrected chi connectivity index (χ0v) is 18.4. The van der Waals surface area contributed by atoms with Gasteiger partial charge in [0.2, 0.25) is 0 Å². The predicted octanol–water partition coefficient (Wildman–Crippen LogP) is 4.33. The molecule has 6 heteroatoms. The van der Waals surface area contributed by atoms with Crippen molar-refractivity contribution in [1.29, 1.82) is 0 Å². The van der Waals surface area contributed by atoms with E-state index in [1.807, 2.05) is 6.92 Å². The number of rotatable bonds is 5. The summed E-state index contributed by atoms with van der Waals surface area (Å²) in [6.07, 6.45) is 7.34. The first-order chi connectivity index (χ1) is 12.6. The van der Waals surface area contributed by atoms with Gasteiger partial charge in [-0.1, -0.05) is 59.0 Å². The molecular formula is C21H36N4OS. The van der Waals surface area contributed by atoms with Crippen molar-refractivity contribution in [3.05, 3.63) is 35.9 Å². The smallest absolute Gasteiger partial charge is 0.110 e. The number of ether oxygens (including phenoxy) is 1. The van der Waals surface area contributed by atoms with Crippen molar-refractivity contribution in [2.24, 2.45) is 22.2 Å². The van der Waals surface area contributed by atoms with E-state index in [2.05, 4.69) is 44.3 Å². The number of nitrogens with zero attached hydrogens (tertiary/aromatic N) is 2. The van der Waals surface area contributed by atoms with Crippen molar-refractivity contribution < 1.29 is 4.74 Å². The minimum absolute atomic E-state index is 0.423. The second-order valence-corrected chi connectivity index (χ2v) is 8.40. The van der Waals surface area contributed by atoms with Crippen LogP contribution < -0.4 is 11.1 Å². The molecular weight excluding hydrogens is 356 g/mol. The maximum atomic E-state index is 5.86. The maximum Gasteiger partial charge on any atom is 0.110 e. The third-order valence-electron chi connectivity index (χ3n) is 4.81. The summed E-state index contributed by atoms with van der Waals surface area (Å²) in [5, 5.41) is 8.72. The van der Waals surface area contributed by atoms with Crippen LogP contribution in [0.1, 0.15) is 53.4 Å². The van der Waals surface area contributed by atoms with E-state index in [0.29, 0.717) is 46.3 Å². The molecule has 0 bridgehead atoms. The summed E-state index contributed by atoms with van der Waals surface area (Å²) in [4.78, 5) is 0.538. The molecule has 0 amide bonds. The van der Waals surface area contributed by atoms with Crippen LogP contribution in [0.4, 0.5) is 0 Å². The summed E-state index contributed by atoms with van der Waals surface area (Å²) in [5.41, 5.74) is 8.33. The molecule has 0 spiro atoms. The molecule has 1 saturated carbocycles. The summed E-state index contributed by atoms with van der Waals surface area (Å²) < 4.78 is 5.29. The van der Waals surface area contributed by atoms with Gasteiger partial charge in [0.05, 0.1) is 36.3 Å².